The highest BCUT2D eigenvalue weighted by Crippen LogP contribution is 2.15. The third-order valence-corrected chi connectivity index (χ3v) is 3.70. The van der Waals surface area contributed by atoms with E-state index in [0.29, 0.717) is 0 Å². The summed E-state index contributed by atoms with van der Waals surface area (Å²) in [5, 5.41) is 0. The number of nitrogens with zero attached hydrogens (tertiary/aromatic N) is 4. The average molecular weight is 349 g/mol. The molecule has 0 aliphatic rings. The van der Waals surface area contributed by atoms with Crippen LogP contribution < -0.4 is 4.90 Å². The van der Waals surface area contributed by atoms with E-state index in [-0.39, 0.29) is 0 Å². The van der Waals surface area contributed by atoms with Gasteiger partial charge in [0.15, 0.2) is 0 Å². The molecular weight excluding hydrogens is 328 g/mol. The summed E-state index contributed by atoms with van der Waals surface area (Å²) in [6, 6.07) is 10.3. The quantitative estimate of drug-likeness (QED) is 0.802. The van der Waals surface area contributed by atoms with Gasteiger partial charge in [-0.2, -0.15) is 0 Å². The number of aromatic nitrogens is 2. The molecule has 4 nitrogen and oxygen atoms in total. The molecule has 2 aromatic rings. The number of hydrogen-bond donors (Lipinski definition) is 0. The highest BCUT2D eigenvalue weighted by Gasteiger charge is 2.11. The number of aryl methyl sites for hydroxylation is 1. The molecule has 0 atom stereocenters. The summed E-state index contributed by atoms with van der Waals surface area (Å²) in [5.74, 6) is 0.791. The summed E-state index contributed by atoms with van der Waals surface area (Å²) >= 11 is 3.47. The standard InChI is InChI=1S/C16H21BrN4/c1-13-8-9-18-16(19-13)21(11-10-20(2)3)12-14-4-6-15(17)7-5-14/h4-9H,10-12H2,1-3H3. The van der Waals surface area contributed by atoms with Crippen molar-refractivity contribution in [3.8, 4) is 0 Å². The molecule has 21 heavy (non-hydrogen) atoms. The molecule has 1 aromatic carbocycles. The Kier molecular flexibility index (Phi) is 5.70. The van der Waals surface area contributed by atoms with Crippen LogP contribution in [0, 0.1) is 6.92 Å². The molecule has 0 fully saturated rings. The van der Waals surface area contributed by atoms with Gasteiger partial charge in [-0.25, -0.2) is 9.97 Å². The van der Waals surface area contributed by atoms with Gasteiger partial charge >= 0.3 is 0 Å². The van der Waals surface area contributed by atoms with Gasteiger partial charge in [-0.15, -0.1) is 0 Å². The molecule has 5 heteroatoms. The number of halogens is 1. The van der Waals surface area contributed by atoms with Crippen LogP contribution in [-0.4, -0.2) is 42.1 Å². The Morgan fingerprint density at radius 3 is 2.38 bits per heavy atom. The van der Waals surface area contributed by atoms with Crippen LogP contribution in [0.3, 0.4) is 0 Å². The van der Waals surface area contributed by atoms with Crippen LogP contribution in [0.4, 0.5) is 5.95 Å². The number of hydrogen-bond acceptors (Lipinski definition) is 4. The summed E-state index contributed by atoms with van der Waals surface area (Å²) < 4.78 is 1.10. The van der Waals surface area contributed by atoms with Crippen LogP contribution in [-0.2, 0) is 6.54 Å². The third-order valence-electron chi connectivity index (χ3n) is 3.17. The number of rotatable bonds is 6. The molecular formula is C16H21BrN4. The van der Waals surface area contributed by atoms with Gasteiger partial charge in [0, 0.05) is 36.0 Å². The molecule has 0 spiro atoms. The fourth-order valence-electron chi connectivity index (χ4n) is 1.97. The lowest BCUT2D eigenvalue weighted by molar-refractivity contribution is 0.411. The zero-order valence-electron chi connectivity index (χ0n) is 12.8. The molecule has 1 heterocycles. The Morgan fingerprint density at radius 2 is 1.76 bits per heavy atom. The Balaban J connectivity index is 2.17. The van der Waals surface area contributed by atoms with Crippen molar-refractivity contribution in [2.24, 2.45) is 0 Å². The lowest BCUT2D eigenvalue weighted by Gasteiger charge is -2.24. The predicted octanol–water partition coefficient (Wildman–Crippen LogP) is 3.12. The van der Waals surface area contributed by atoms with Gasteiger partial charge in [0.25, 0.3) is 0 Å². The molecule has 0 radical (unpaired) electrons. The van der Waals surface area contributed by atoms with Crippen molar-refractivity contribution in [3.05, 3.63) is 52.3 Å². The summed E-state index contributed by atoms with van der Waals surface area (Å²) in [6.45, 7) is 4.67. The molecule has 0 saturated heterocycles. The van der Waals surface area contributed by atoms with Crippen molar-refractivity contribution >= 4 is 21.9 Å². The SMILES string of the molecule is Cc1ccnc(N(CCN(C)C)Cc2ccc(Br)cc2)n1. The fraction of sp³-hybridized carbons (Fsp3) is 0.375. The van der Waals surface area contributed by atoms with Gasteiger partial charge < -0.3 is 9.80 Å². The van der Waals surface area contributed by atoms with Gasteiger partial charge in [0.1, 0.15) is 0 Å². The summed E-state index contributed by atoms with van der Waals surface area (Å²) in [5.41, 5.74) is 2.24. The van der Waals surface area contributed by atoms with E-state index in [1.165, 1.54) is 5.56 Å². The topological polar surface area (TPSA) is 32.3 Å². The molecule has 0 amide bonds. The number of benzene rings is 1. The first kappa shape index (κ1) is 15.9. The minimum Gasteiger partial charge on any atom is -0.335 e. The van der Waals surface area contributed by atoms with E-state index in [4.69, 9.17) is 0 Å². The largest absolute Gasteiger partial charge is 0.335 e. The second-order valence-corrected chi connectivity index (χ2v) is 6.26. The predicted molar refractivity (Wildman–Crippen MR) is 90.5 cm³/mol. The number of anilines is 1. The molecule has 2 rings (SSSR count). The van der Waals surface area contributed by atoms with E-state index in [1.54, 1.807) is 0 Å². The van der Waals surface area contributed by atoms with Crippen molar-refractivity contribution in [2.45, 2.75) is 13.5 Å². The lowest BCUT2D eigenvalue weighted by Crippen LogP contribution is -2.32. The molecule has 0 aliphatic carbocycles. The highest BCUT2D eigenvalue weighted by atomic mass is 79.9. The van der Waals surface area contributed by atoms with E-state index in [2.05, 4.69) is 74.1 Å². The molecule has 0 saturated carbocycles. The van der Waals surface area contributed by atoms with Gasteiger partial charge in [-0.05, 0) is 44.8 Å². The Labute approximate surface area is 135 Å². The molecule has 0 N–H and O–H groups in total. The van der Waals surface area contributed by atoms with Gasteiger partial charge in [0.2, 0.25) is 5.95 Å². The van der Waals surface area contributed by atoms with Crippen LogP contribution in [0.5, 0.6) is 0 Å². The summed E-state index contributed by atoms with van der Waals surface area (Å²) in [7, 11) is 4.16. The normalized spacial score (nSPS) is 10.9. The minimum atomic E-state index is 0.791. The smallest absolute Gasteiger partial charge is 0.225 e. The molecule has 0 bridgehead atoms. The molecule has 1 aromatic heterocycles. The Hall–Kier alpha value is -1.46. The summed E-state index contributed by atoms with van der Waals surface area (Å²) in [4.78, 5) is 13.4. The van der Waals surface area contributed by atoms with E-state index in [0.717, 1.165) is 35.7 Å². The van der Waals surface area contributed by atoms with Crippen molar-refractivity contribution in [3.63, 3.8) is 0 Å². The zero-order valence-corrected chi connectivity index (χ0v) is 14.3. The molecule has 112 valence electrons. The third kappa shape index (κ3) is 5.10. The second kappa shape index (κ2) is 7.52. The molecule has 0 aliphatic heterocycles. The average Bonchev–Trinajstić information content (AvgIpc) is 2.45. The first-order valence-electron chi connectivity index (χ1n) is 6.98. The van der Waals surface area contributed by atoms with Crippen molar-refractivity contribution in [1.82, 2.24) is 14.9 Å². The lowest BCUT2D eigenvalue weighted by atomic mass is 10.2. The van der Waals surface area contributed by atoms with Gasteiger partial charge in [-0.1, -0.05) is 28.1 Å². The maximum atomic E-state index is 4.55. The first-order chi connectivity index (χ1) is 10.0. The number of likely N-dealkylation sites (N-methyl/N-ethyl adjacent to an activating group) is 1. The van der Waals surface area contributed by atoms with Crippen molar-refractivity contribution < 1.29 is 0 Å². The van der Waals surface area contributed by atoms with Gasteiger partial charge in [0.05, 0.1) is 0 Å². The van der Waals surface area contributed by atoms with Gasteiger partial charge in [-0.3, -0.25) is 0 Å². The van der Waals surface area contributed by atoms with Crippen LogP contribution >= 0.6 is 15.9 Å². The maximum Gasteiger partial charge on any atom is 0.225 e. The maximum absolute atomic E-state index is 4.55. The van der Waals surface area contributed by atoms with Crippen LogP contribution in [0.15, 0.2) is 41.0 Å². The molecule has 0 unspecified atom stereocenters. The monoisotopic (exact) mass is 348 g/mol. The van der Waals surface area contributed by atoms with E-state index in [9.17, 15) is 0 Å². The fourth-order valence-corrected chi connectivity index (χ4v) is 2.23. The second-order valence-electron chi connectivity index (χ2n) is 5.35. The van der Waals surface area contributed by atoms with Crippen LogP contribution in [0.25, 0.3) is 0 Å². The highest BCUT2D eigenvalue weighted by molar-refractivity contribution is 9.10. The Bertz CT molecular complexity index is 569. The van der Waals surface area contributed by atoms with Crippen molar-refractivity contribution in [2.75, 3.05) is 32.1 Å². The zero-order chi connectivity index (χ0) is 15.2. The summed E-state index contributed by atoms with van der Waals surface area (Å²) in [6.07, 6.45) is 1.82. The first-order valence-corrected chi connectivity index (χ1v) is 7.77. The van der Waals surface area contributed by atoms with Crippen LogP contribution in [0.2, 0.25) is 0 Å². The Morgan fingerprint density at radius 1 is 1.05 bits per heavy atom. The minimum absolute atomic E-state index is 0.791. The van der Waals surface area contributed by atoms with E-state index < -0.39 is 0 Å². The van der Waals surface area contributed by atoms with Crippen molar-refractivity contribution in [1.29, 1.82) is 0 Å². The van der Waals surface area contributed by atoms with E-state index >= 15 is 0 Å². The van der Waals surface area contributed by atoms with E-state index in [1.807, 2.05) is 19.2 Å². The van der Waals surface area contributed by atoms with Crippen LogP contribution in [0.1, 0.15) is 11.3 Å².